The number of nitrogens with one attached hydrogen (secondary N) is 1. The highest BCUT2D eigenvalue weighted by Crippen LogP contribution is 2.24. The van der Waals surface area contributed by atoms with E-state index in [0.29, 0.717) is 25.5 Å². The van der Waals surface area contributed by atoms with Crippen LogP contribution >= 0.6 is 0 Å². The van der Waals surface area contributed by atoms with Crippen molar-refractivity contribution in [2.45, 2.75) is 19.1 Å². The molecule has 1 aliphatic rings. The third-order valence-corrected chi connectivity index (χ3v) is 4.70. The van der Waals surface area contributed by atoms with Crippen LogP contribution in [-0.4, -0.2) is 54.3 Å². The molecule has 1 N–H and O–H groups in total. The predicted molar refractivity (Wildman–Crippen MR) is 89.0 cm³/mol. The molecule has 0 unspecified atom stereocenters. The summed E-state index contributed by atoms with van der Waals surface area (Å²) in [6, 6.07) is 3.87. The van der Waals surface area contributed by atoms with E-state index in [2.05, 4.69) is 19.6 Å². The summed E-state index contributed by atoms with van der Waals surface area (Å²) in [5, 5.41) is 0. The van der Waals surface area contributed by atoms with Crippen LogP contribution in [0.3, 0.4) is 0 Å². The van der Waals surface area contributed by atoms with Gasteiger partial charge in [0.15, 0.2) is 0 Å². The summed E-state index contributed by atoms with van der Waals surface area (Å²) in [4.78, 5) is 10.7. The van der Waals surface area contributed by atoms with Gasteiger partial charge in [-0.25, -0.2) is 23.1 Å². The van der Waals surface area contributed by atoms with Crippen molar-refractivity contribution in [1.82, 2.24) is 24.2 Å². The second kappa shape index (κ2) is 6.88. The molecule has 2 aromatic heterocycles. The number of aromatic nitrogens is 3. The molecule has 3 heterocycles. The molecule has 0 fully saturated rings. The molecule has 8 nitrogen and oxygen atoms in total. The molecule has 0 radical (unpaired) electrons. The Labute approximate surface area is 141 Å². The van der Waals surface area contributed by atoms with E-state index in [4.69, 9.17) is 4.74 Å². The maximum Gasteiger partial charge on any atom is 0.217 e. The molecule has 24 heavy (non-hydrogen) atoms. The number of fused-ring (bicyclic) bond motifs is 1. The van der Waals surface area contributed by atoms with Gasteiger partial charge in [-0.05, 0) is 6.07 Å². The van der Waals surface area contributed by atoms with Crippen LogP contribution in [-0.2, 0) is 23.1 Å². The van der Waals surface area contributed by atoms with Crippen LogP contribution in [0.1, 0.15) is 17.3 Å². The van der Waals surface area contributed by atoms with E-state index >= 15 is 0 Å². The van der Waals surface area contributed by atoms with Gasteiger partial charge in [-0.1, -0.05) is 6.07 Å². The lowest BCUT2D eigenvalue weighted by Gasteiger charge is -2.34. The quantitative estimate of drug-likeness (QED) is 0.810. The lowest BCUT2D eigenvalue weighted by Crippen LogP contribution is -2.41. The highest BCUT2D eigenvalue weighted by atomic mass is 32.2. The molecular formula is C15H21N5O3S. The van der Waals surface area contributed by atoms with E-state index in [0.717, 1.165) is 17.8 Å². The highest BCUT2D eigenvalue weighted by molar-refractivity contribution is 7.88. The third-order valence-electron chi connectivity index (χ3n) is 4.01. The average Bonchev–Trinajstić information content (AvgIpc) is 3.01. The molecule has 0 aliphatic carbocycles. The van der Waals surface area contributed by atoms with Crippen molar-refractivity contribution >= 4 is 10.0 Å². The standard InChI is InChI=1S/C15H21N5O3S/c1-23-15-12(4-3-5-17-15)8-19-9-13-6-16-11-20(13)14(10-19)7-18-24(2,21)22/h3-6,11,14,18H,7-10H2,1-2H3/t14-/m0/s1. The first-order chi connectivity index (χ1) is 11.5. The third kappa shape index (κ3) is 3.92. The molecule has 0 amide bonds. The van der Waals surface area contributed by atoms with E-state index in [-0.39, 0.29) is 6.04 Å². The van der Waals surface area contributed by atoms with E-state index in [1.807, 2.05) is 22.9 Å². The number of nitrogens with zero attached hydrogens (tertiary/aromatic N) is 4. The Morgan fingerprint density at radius 2 is 2.29 bits per heavy atom. The number of hydrogen-bond donors (Lipinski definition) is 1. The SMILES string of the molecule is COc1ncccc1CN1Cc2cncn2[C@@H](CNS(C)(=O)=O)C1. The molecule has 0 bridgehead atoms. The fraction of sp³-hybridized carbons (Fsp3) is 0.467. The minimum Gasteiger partial charge on any atom is -0.481 e. The van der Waals surface area contributed by atoms with Crippen molar-refractivity contribution in [1.29, 1.82) is 0 Å². The summed E-state index contributed by atoms with van der Waals surface area (Å²) in [6.07, 6.45) is 6.45. The zero-order valence-electron chi connectivity index (χ0n) is 13.7. The molecule has 3 rings (SSSR count). The van der Waals surface area contributed by atoms with Crippen LogP contribution in [0, 0.1) is 0 Å². The molecule has 130 valence electrons. The van der Waals surface area contributed by atoms with Gasteiger partial charge in [-0.3, -0.25) is 4.90 Å². The molecule has 1 atom stereocenters. The van der Waals surface area contributed by atoms with E-state index in [1.54, 1.807) is 19.6 Å². The van der Waals surface area contributed by atoms with Crippen molar-refractivity contribution in [2.24, 2.45) is 0 Å². The molecule has 0 saturated heterocycles. The van der Waals surface area contributed by atoms with Crippen LogP contribution in [0.15, 0.2) is 30.9 Å². The molecule has 0 aromatic carbocycles. The van der Waals surface area contributed by atoms with Gasteiger partial charge in [0, 0.05) is 44.1 Å². The maximum absolute atomic E-state index is 11.4. The molecule has 1 aliphatic heterocycles. The Morgan fingerprint density at radius 3 is 3.04 bits per heavy atom. The second-order valence-corrected chi connectivity index (χ2v) is 7.74. The largest absolute Gasteiger partial charge is 0.481 e. The fourth-order valence-electron chi connectivity index (χ4n) is 2.96. The van der Waals surface area contributed by atoms with Crippen LogP contribution in [0.5, 0.6) is 5.88 Å². The summed E-state index contributed by atoms with van der Waals surface area (Å²) in [5.41, 5.74) is 2.06. The van der Waals surface area contributed by atoms with Gasteiger partial charge in [-0.2, -0.15) is 0 Å². The first-order valence-electron chi connectivity index (χ1n) is 7.62. The van der Waals surface area contributed by atoms with Crippen LogP contribution in [0.4, 0.5) is 0 Å². The summed E-state index contributed by atoms with van der Waals surface area (Å²) >= 11 is 0. The molecule has 9 heteroatoms. The lowest BCUT2D eigenvalue weighted by molar-refractivity contribution is 0.175. The van der Waals surface area contributed by atoms with Gasteiger partial charge in [0.2, 0.25) is 15.9 Å². The normalized spacial score (nSPS) is 18.3. The van der Waals surface area contributed by atoms with Crippen LogP contribution < -0.4 is 9.46 Å². The Morgan fingerprint density at radius 1 is 1.46 bits per heavy atom. The van der Waals surface area contributed by atoms with Crippen molar-refractivity contribution in [3.63, 3.8) is 0 Å². The number of pyridine rings is 1. The van der Waals surface area contributed by atoms with E-state index in [1.165, 1.54) is 6.26 Å². The van der Waals surface area contributed by atoms with Gasteiger partial charge in [-0.15, -0.1) is 0 Å². The number of imidazole rings is 1. The van der Waals surface area contributed by atoms with E-state index < -0.39 is 10.0 Å². The average molecular weight is 351 g/mol. The van der Waals surface area contributed by atoms with Crippen molar-refractivity contribution in [3.05, 3.63) is 42.1 Å². The number of rotatable bonds is 6. The monoisotopic (exact) mass is 351 g/mol. The molecule has 0 spiro atoms. The maximum atomic E-state index is 11.4. The summed E-state index contributed by atoms with van der Waals surface area (Å²) in [7, 11) is -1.62. The molecule has 0 saturated carbocycles. The highest BCUT2D eigenvalue weighted by Gasteiger charge is 2.26. The zero-order valence-corrected chi connectivity index (χ0v) is 14.5. The lowest BCUT2D eigenvalue weighted by atomic mass is 10.1. The smallest absolute Gasteiger partial charge is 0.217 e. The number of sulfonamides is 1. The summed E-state index contributed by atoms with van der Waals surface area (Å²) < 4.78 is 32.8. The van der Waals surface area contributed by atoms with Crippen molar-refractivity contribution in [3.8, 4) is 5.88 Å². The topological polar surface area (TPSA) is 89.3 Å². The Kier molecular flexibility index (Phi) is 4.83. The van der Waals surface area contributed by atoms with Gasteiger partial charge in [0.25, 0.3) is 0 Å². The van der Waals surface area contributed by atoms with Gasteiger partial charge in [0.1, 0.15) is 0 Å². The van der Waals surface area contributed by atoms with Crippen LogP contribution in [0.2, 0.25) is 0 Å². The van der Waals surface area contributed by atoms with Crippen LogP contribution in [0.25, 0.3) is 0 Å². The Bertz CT molecular complexity index is 805. The first kappa shape index (κ1) is 16.9. The number of ether oxygens (including phenoxy) is 1. The van der Waals surface area contributed by atoms with Crippen molar-refractivity contribution in [2.75, 3.05) is 26.5 Å². The van der Waals surface area contributed by atoms with E-state index in [9.17, 15) is 8.42 Å². The number of hydrogen-bond acceptors (Lipinski definition) is 6. The fourth-order valence-corrected chi connectivity index (χ4v) is 3.46. The Hall–Kier alpha value is -1.97. The second-order valence-electron chi connectivity index (χ2n) is 5.91. The summed E-state index contributed by atoms with van der Waals surface area (Å²) in [5.74, 6) is 0.613. The molecular weight excluding hydrogens is 330 g/mol. The minimum absolute atomic E-state index is 0.00589. The predicted octanol–water partition coefficient (Wildman–Crippen LogP) is 0.393. The minimum atomic E-state index is -3.23. The van der Waals surface area contributed by atoms with Gasteiger partial charge in [0.05, 0.1) is 31.4 Å². The van der Waals surface area contributed by atoms with Gasteiger partial charge < -0.3 is 9.30 Å². The summed E-state index contributed by atoms with van der Waals surface area (Å²) in [6.45, 7) is 2.47. The van der Waals surface area contributed by atoms with Crippen molar-refractivity contribution < 1.29 is 13.2 Å². The Balaban J connectivity index is 1.77. The molecule has 2 aromatic rings. The van der Waals surface area contributed by atoms with Gasteiger partial charge >= 0.3 is 0 Å². The first-order valence-corrected chi connectivity index (χ1v) is 9.51. The zero-order chi connectivity index (χ0) is 17.2. The number of methoxy groups -OCH3 is 1.